The standard InChI is InChI=1S/C16H25N3O/c1-4-19-16-9-6-5-8-14(16)15(18-19)12-20-11-7-10-17-13(2)3/h5-6,8-9,13,17H,4,7,10-12H2,1-3H3. The zero-order valence-electron chi connectivity index (χ0n) is 12.7. The van der Waals surface area contributed by atoms with E-state index in [-0.39, 0.29) is 0 Å². The molecule has 4 nitrogen and oxygen atoms in total. The molecule has 2 rings (SSSR count). The molecule has 1 heterocycles. The maximum absolute atomic E-state index is 5.75. The quantitative estimate of drug-likeness (QED) is 0.753. The highest BCUT2D eigenvalue weighted by Gasteiger charge is 2.08. The number of hydrogen-bond donors (Lipinski definition) is 1. The van der Waals surface area contributed by atoms with Gasteiger partial charge in [-0.25, -0.2) is 0 Å². The van der Waals surface area contributed by atoms with Gasteiger partial charge in [-0.3, -0.25) is 4.68 Å². The Bertz CT molecular complexity index is 534. The van der Waals surface area contributed by atoms with Crippen LogP contribution in [0.15, 0.2) is 24.3 Å². The van der Waals surface area contributed by atoms with E-state index >= 15 is 0 Å². The summed E-state index contributed by atoms with van der Waals surface area (Å²) in [5.41, 5.74) is 2.23. The lowest BCUT2D eigenvalue weighted by Gasteiger charge is -2.07. The van der Waals surface area contributed by atoms with E-state index in [2.05, 4.69) is 55.5 Å². The van der Waals surface area contributed by atoms with E-state index < -0.39 is 0 Å². The number of fused-ring (bicyclic) bond motifs is 1. The fraction of sp³-hybridized carbons (Fsp3) is 0.562. The Morgan fingerprint density at radius 3 is 2.85 bits per heavy atom. The van der Waals surface area contributed by atoms with E-state index in [1.165, 1.54) is 10.9 Å². The van der Waals surface area contributed by atoms with Gasteiger partial charge in [-0.1, -0.05) is 32.0 Å². The van der Waals surface area contributed by atoms with Crippen LogP contribution in [0.1, 0.15) is 32.9 Å². The number of ether oxygens (including phenoxy) is 1. The van der Waals surface area contributed by atoms with Crippen molar-refractivity contribution < 1.29 is 4.74 Å². The van der Waals surface area contributed by atoms with Gasteiger partial charge in [-0.05, 0) is 26.0 Å². The number of nitrogens with zero attached hydrogens (tertiary/aromatic N) is 2. The van der Waals surface area contributed by atoms with Gasteiger partial charge in [0, 0.05) is 24.6 Å². The van der Waals surface area contributed by atoms with Crippen molar-refractivity contribution >= 4 is 10.9 Å². The third kappa shape index (κ3) is 3.81. The molecule has 0 aliphatic heterocycles. The molecule has 1 aromatic heterocycles. The van der Waals surface area contributed by atoms with Crippen LogP contribution < -0.4 is 5.32 Å². The van der Waals surface area contributed by atoms with Gasteiger partial charge in [0.1, 0.15) is 0 Å². The minimum absolute atomic E-state index is 0.541. The lowest BCUT2D eigenvalue weighted by atomic mass is 10.2. The lowest BCUT2D eigenvalue weighted by molar-refractivity contribution is 0.116. The van der Waals surface area contributed by atoms with E-state index in [0.29, 0.717) is 12.6 Å². The van der Waals surface area contributed by atoms with Crippen LogP contribution in [0.5, 0.6) is 0 Å². The van der Waals surface area contributed by atoms with Crippen molar-refractivity contribution in [3.8, 4) is 0 Å². The highest BCUT2D eigenvalue weighted by Crippen LogP contribution is 2.18. The zero-order valence-corrected chi connectivity index (χ0v) is 12.7. The highest BCUT2D eigenvalue weighted by atomic mass is 16.5. The van der Waals surface area contributed by atoms with Crippen molar-refractivity contribution in [2.24, 2.45) is 0 Å². The number of hydrogen-bond acceptors (Lipinski definition) is 3. The number of nitrogens with one attached hydrogen (secondary N) is 1. The van der Waals surface area contributed by atoms with Gasteiger partial charge in [-0.15, -0.1) is 0 Å². The summed E-state index contributed by atoms with van der Waals surface area (Å²) in [5, 5.41) is 9.22. The third-order valence-electron chi connectivity index (χ3n) is 3.29. The van der Waals surface area contributed by atoms with Crippen molar-refractivity contribution in [2.75, 3.05) is 13.2 Å². The highest BCUT2D eigenvalue weighted by molar-refractivity contribution is 5.81. The number of para-hydroxylation sites is 1. The van der Waals surface area contributed by atoms with Crippen LogP contribution in [0, 0.1) is 0 Å². The Hall–Kier alpha value is -1.39. The van der Waals surface area contributed by atoms with Crippen LogP contribution >= 0.6 is 0 Å². The molecule has 1 N–H and O–H groups in total. The van der Waals surface area contributed by atoms with E-state index in [1.54, 1.807) is 0 Å². The normalized spacial score (nSPS) is 11.6. The number of aryl methyl sites for hydroxylation is 1. The molecular formula is C16H25N3O. The van der Waals surface area contributed by atoms with Gasteiger partial charge in [0.05, 0.1) is 17.8 Å². The summed E-state index contributed by atoms with van der Waals surface area (Å²) in [6.45, 7) is 9.68. The summed E-state index contributed by atoms with van der Waals surface area (Å²) in [6, 6.07) is 8.88. The van der Waals surface area contributed by atoms with Crippen LogP contribution in [-0.4, -0.2) is 29.0 Å². The van der Waals surface area contributed by atoms with Gasteiger partial charge < -0.3 is 10.1 Å². The number of rotatable bonds is 8. The van der Waals surface area contributed by atoms with E-state index in [4.69, 9.17) is 4.74 Å². The molecule has 0 atom stereocenters. The molecule has 0 saturated heterocycles. The van der Waals surface area contributed by atoms with E-state index in [9.17, 15) is 0 Å². The molecule has 110 valence electrons. The first-order valence-electron chi connectivity index (χ1n) is 7.48. The van der Waals surface area contributed by atoms with Gasteiger partial charge >= 0.3 is 0 Å². The Labute approximate surface area is 121 Å². The van der Waals surface area contributed by atoms with Gasteiger partial charge in [0.2, 0.25) is 0 Å². The van der Waals surface area contributed by atoms with Crippen LogP contribution in [0.3, 0.4) is 0 Å². The number of aromatic nitrogens is 2. The van der Waals surface area contributed by atoms with Crippen molar-refractivity contribution in [3.05, 3.63) is 30.0 Å². The largest absolute Gasteiger partial charge is 0.375 e. The smallest absolute Gasteiger partial charge is 0.0960 e. The molecule has 0 spiro atoms. The van der Waals surface area contributed by atoms with Gasteiger partial charge in [0.15, 0.2) is 0 Å². The average Bonchev–Trinajstić information content (AvgIpc) is 2.81. The molecule has 2 aromatic rings. The Balaban J connectivity index is 1.87. The topological polar surface area (TPSA) is 39.1 Å². The maximum atomic E-state index is 5.75. The SMILES string of the molecule is CCn1nc(COCCCNC(C)C)c2ccccc21. The molecule has 0 aliphatic rings. The van der Waals surface area contributed by atoms with Crippen LogP contribution in [0.2, 0.25) is 0 Å². The molecule has 0 aliphatic carbocycles. The van der Waals surface area contributed by atoms with Crippen molar-refractivity contribution in [1.82, 2.24) is 15.1 Å². The first kappa shape index (κ1) is 15.0. The van der Waals surface area contributed by atoms with Crippen molar-refractivity contribution in [1.29, 1.82) is 0 Å². The number of benzene rings is 1. The van der Waals surface area contributed by atoms with E-state index in [1.807, 2.05) is 4.68 Å². The fourth-order valence-corrected chi connectivity index (χ4v) is 2.28. The molecule has 0 bridgehead atoms. The van der Waals surface area contributed by atoms with Crippen molar-refractivity contribution in [2.45, 2.75) is 46.4 Å². The Morgan fingerprint density at radius 1 is 1.30 bits per heavy atom. The molecule has 4 heteroatoms. The second-order valence-corrected chi connectivity index (χ2v) is 5.29. The molecule has 0 unspecified atom stereocenters. The molecule has 0 amide bonds. The summed E-state index contributed by atoms with van der Waals surface area (Å²) in [7, 11) is 0. The second kappa shape index (κ2) is 7.41. The van der Waals surface area contributed by atoms with Crippen molar-refractivity contribution in [3.63, 3.8) is 0 Å². The van der Waals surface area contributed by atoms with Gasteiger partial charge in [-0.2, -0.15) is 5.10 Å². The summed E-state index contributed by atoms with van der Waals surface area (Å²) in [6.07, 6.45) is 1.03. The van der Waals surface area contributed by atoms with Crippen LogP contribution in [-0.2, 0) is 17.9 Å². The Kier molecular flexibility index (Phi) is 5.56. The predicted octanol–water partition coefficient (Wildman–Crippen LogP) is 2.96. The summed E-state index contributed by atoms with van der Waals surface area (Å²) < 4.78 is 7.79. The maximum Gasteiger partial charge on any atom is 0.0960 e. The predicted molar refractivity (Wildman–Crippen MR) is 82.8 cm³/mol. The summed E-state index contributed by atoms with van der Waals surface area (Å²) in [5.74, 6) is 0. The first-order chi connectivity index (χ1) is 9.72. The lowest BCUT2D eigenvalue weighted by Crippen LogP contribution is -2.24. The van der Waals surface area contributed by atoms with Crippen LogP contribution in [0.25, 0.3) is 10.9 Å². The van der Waals surface area contributed by atoms with Gasteiger partial charge in [0.25, 0.3) is 0 Å². The molecule has 20 heavy (non-hydrogen) atoms. The third-order valence-corrected chi connectivity index (χ3v) is 3.29. The monoisotopic (exact) mass is 275 g/mol. The zero-order chi connectivity index (χ0) is 14.4. The second-order valence-electron chi connectivity index (χ2n) is 5.29. The minimum atomic E-state index is 0.541. The summed E-state index contributed by atoms with van der Waals surface area (Å²) in [4.78, 5) is 0. The van der Waals surface area contributed by atoms with E-state index in [0.717, 1.165) is 31.8 Å². The summed E-state index contributed by atoms with van der Waals surface area (Å²) >= 11 is 0. The minimum Gasteiger partial charge on any atom is -0.375 e. The molecular weight excluding hydrogens is 250 g/mol. The molecule has 0 radical (unpaired) electrons. The van der Waals surface area contributed by atoms with Crippen LogP contribution in [0.4, 0.5) is 0 Å². The first-order valence-corrected chi connectivity index (χ1v) is 7.48. The Morgan fingerprint density at radius 2 is 2.10 bits per heavy atom. The molecule has 0 fully saturated rings. The average molecular weight is 275 g/mol. The molecule has 1 aromatic carbocycles. The fourth-order valence-electron chi connectivity index (χ4n) is 2.28. The molecule has 0 saturated carbocycles.